The third kappa shape index (κ3) is 1.91. The van der Waals surface area contributed by atoms with Gasteiger partial charge >= 0.3 is 0 Å². The van der Waals surface area contributed by atoms with Gasteiger partial charge in [0.2, 0.25) is 0 Å². The molecule has 88 valence electrons. The Morgan fingerprint density at radius 1 is 1.41 bits per heavy atom. The van der Waals surface area contributed by atoms with Crippen LogP contribution in [0.2, 0.25) is 0 Å². The third-order valence-electron chi connectivity index (χ3n) is 3.21. The summed E-state index contributed by atoms with van der Waals surface area (Å²) in [4.78, 5) is 4.74. The molecule has 0 aliphatic carbocycles. The monoisotopic (exact) mass is 291 g/mol. The van der Waals surface area contributed by atoms with Crippen molar-refractivity contribution in [1.82, 2.24) is 14.9 Å². The van der Waals surface area contributed by atoms with Crippen molar-refractivity contribution in [2.24, 2.45) is 7.05 Å². The van der Waals surface area contributed by atoms with Crippen LogP contribution in [0.4, 0.5) is 0 Å². The van der Waals surface area contributed by atoms with E-state index < -0.39 is 0 Å². The Morgan fingerprint density at radius 2 is 2.29 bits per heavy atom. The van der Waals surface area contributed by atoms with Crippen LogP contribution in [0.15, 0.2) is 28.7 Å². The largest absolute Gasteiger partial charge is 0.331 e. The molecule has 4 heteroatoms. The molecule has 0 saturated carbocycles. The lowest BCUT2D eigenvalue weighted by Gasteiger charge is -2.12. The van der Waals surface area contributed by atoms with E-state index in [0.29, 0.717) is 0 Å². The van der Waals surface area contributed by atoms with Gasteiger partial charge in [0.05, 0.1) is 5.69 Å². The average molecular weight is 292 g/mol. The maximum atomic E-state index is 4.74. The molecule has 2 heterocycles. The molecule has 1 aromatic carbocycles. The van der Waals surface area contributed by atoms with Crippen LogP contribution in [0.3, 0.4) is 0 Å². The molecule has 1 aliphatic rings. The van der Waals surface area contributed by atoms with E-state index in [9.17, 15) is 0 Å². The highest BCUT2D eigenvalue weighted by atomic mass is 79.9. The van der Waals surface area contributed by atoms with E-state index >= 15 is 0 Å². The van der Waals surface area contributed by atoms with Gasteiger partial charge in [-0.15, -0.1) is 0 Å². The molecule has 1 aliphatic heterocycles. The Labute approximate surface area is 109 Å². The molecule has 0 atom stereocenters. The van der Waals surface area contributed by atoms with Crippen molar-refractivity contribution in [3.63, 3.8) is 0 Å². The van der Waals surface area contributed by atoms with Crippen LogP contribution in [-0.2, 0) is 20.0 Å². The molecule has 0 unspecified atom stereocenters. The van der Waals surface area contributed by atoms with Crippen molar-refractivity contribution in [1.29, 1.82) is 0 Å². The van der Waals surface area contributed by atoms with Crippen LogP contribution in [0.25, 0.3) is 11.4 Å². The van der Waals surface area contributed by atoms with E-state index in [1.807, 2.05) is 12.1 Å². The summed E-state index contributed by atoms with van der Waals surface area (Å²) in [7, 11) is 2.10. The summed E-state index contributed by atoms with van der Waals surface area (Å²) in [6.07, 6.45) is 1.06. The summed E-state index contributed by atoms with van der Waals surface area (Å²) in [5.74, 6) is 1.06. The Bertz CT molecular complexity index is 560. The highest BCUT2D eigenvalue weighted by Gasteiger charge is 2.18. The zero-order valence-corrected chi connectivity index (χ0v) is 11.3. The quantitative estimate of drug-likeness (QED) is 0.875. The SMILES string of the molecule is Cn1c(-c2cccc(Br)c2)nc2c1CCNC2. The zero-order valence-electron chi connectivity index (χ0n) is 9.70. The van der Waals surface area contributed by atoms with Crippen molar-refractivity contribution < 1.29 is 0 Å². The lowest BCUT2D eigenvalue weighted by Crippen LogP contribution is -2.24. The molecular weight excluding hydrogens is 278 g/mol. The molecule has 0 bridgehead atoms. The van der Waals surface area contributed by atoms with Gasteiger partial charge in [-0.1, -0.05) is 28.1 Å². The first-order valence-electron chi connectivity index (χ1n) is 5.77. The average Bonchev–Trinajstić information content (AvgIpc) is 2.68. The van der Waals surface area contributed by atoms with Crippen LogP contribution < -0.4 is 5.32 Å². The number of nitrogens with zero attached hydrogens (tertiary/aromatic N) is 2. The Hall–Kier alpha value is -1.13. The van der Waals surface area contributed by atoms with E-state index in [1.165, 1.54) is 11.4 Å². The molecule has 1 N–H and O–H groups in total. The van der Waals surface area contributed by atoms with Gasteiger partial charge in [0.25, 0.3) is 0 Å². The number of rotatable bonds is 1. The fraction of sp³-hybridized carbons (Fsp3) is 0.308. The van der Waals surface area contributed by atoms with Gasteiger partial charge < -0.3 is 9.88 Å². The maximum Gasteiger partial charge on any atom is 0.140 e. The summed E-state index contributed by atoms with van der Waals surface area (Å²) in [6, 6.07) is 8.30. The number of nitrogens with one attached hydrogen (secondary N) is 1. The number of halogens is 1. The van der Waals surface area contributed by atoms with E-state index in [-0.39, 0.29) is 0 Å². The summed E-state index contributed by atoms with van der Waals surface area (Å²) < 4.78 is 3.31. The van der Waals surface area contributed by atoms with Crippen molar-refractivity contribution in [3.05, 3.63) is 40.1 Å². The fourth-order valence-corrected chi connectivity index (χ4v) is 2.74. The predicted octanol–water partition coefficient (Wildman–Crippen LogP) is 2.50. The van der Waals surface area contributed by atoms with Crippen molar-refractivity contribution in [2.75, 3.05) is 6.54 Å². The molecule has 17 heavy (non-hydrogen) atoms. The molecule has 1 aromatic heterocycles. The fourth-order valence-electron chi connectivity index (χ4n) is 2.34. The highest BCUT2D eigenvalue weighted by molar-refractivity contribution is 9.10. The molecule has 0 fully saturated rings. The molecule has 0 spiro atoms. The Balaban J connectivity index is 2.12. The summed E-state index contributed by atoms with van der Waals surface area (Å²) in [6.45, 7) is 1.93. The second-order valence-electron chi connectivity index (χ2n) is 4.32. The van der Waals surface area contributed by atoms with Gasteiger partial charge in [0.15, 0.2) is 0 Å². The molecule has 2 aromatic rings. The minimum Gasteiger partial charge on any atom is -0.331 e. The first-order chi connectivity index (χ1) is 8.25. The standard InChI is InChI=1S/C13H14BrN3/c1-17-12-5-6-15-8-11(12)16-13(17)9-3-2-4-10(14)7-9/h2-4,7,15H,5-6,8H2,1H3. The lowest BCUT2D eigenvalue weighted by molar-refractivity contribution is 0.612. The minimum absolute atomic E-state index is 0.886. The van der Waals surface area contributed by atoms with Crippen LogP contribution in [0.1, 0.15) is 11.4 Å². The number of fused-ring (bicyclic) bond motifs is 1. The first-order valence-corrected chi connectivity index (χ1v) is 6.56. The van der Waals surface area contributed by atoms with E-state index in [2.05, 4.69) is 45.0 Å². The van der Waals surface area contributed by atoms with E-state index in [1.54, 1.807) is 0 Å². The topological polar surface area (TPSA) is 29.9 Å². The number of imidazole rings is 1. The number of benzene rings is 1. The van der Waals surface area contributed by atoms with Crippen LogP contribution in [0.5, 0.6) is 0 Å². The van der Waals surface area contributed by atoms with Crippen molar-refractivity contribution >= 4 is 15.9 Å². The van der Waals surface area contributed by atoms with Gasteiger partial charge in [-0.05, 0) is 12.1 Å². The van der Waals surface area contributed by atoms with Gasteiger partial charge in [0.1, 0.15) is 5.82 Å². The summed E-state index contributed by atoms with van der Waals surface area (Å²) in [5, 5.41) is 3.36. The predicted molar refractivity (Wildman–Crippen MR) is 71.8 cm³/mol. The minimum atomic E-state index is 0.886. The smallest absolute Gasteiger partial charge is 0.140 e. The van der Waals surface area contributed by atoms with E-state index in [0.717, 1.165) is 35.4 Å². The molecule has 0 amide bonds. The van der Waals surface area contributed by atoms with Crippen LogP contribution >= 0.6 is 15.9 Å². The van der Waals surface area contributed by atoms with E-state index in [4.69, 9.17) is 4.98 Å². The molecule has 3 nitrogen and oxygen atoms in total. The zero-order chi connectivity index (χ0) is 11.8. The normalized spacial score (nSPS) is 14.7. The molecule has 3 rings (SSSR count). The maximum absolute atomic E-state index is 4.74. The summed E-state index contributed by atoms with van der Waals surface area (Å²) >= 11 is 3.51. The second kappa shape index (κ2) is 4.27. The van der Waals surface area contributed by atoms with Crippen molar-refractivity contribution in [2.45, 2.75) is 13.0 Å². The second-order valence-corrected chi connectivity index (χ2v) is 5.24. The lowest BCUT2D eigenvalue weighted by atomic mass is 10.2. The first kappa shape index (κ1) is 11.0. The Kier molecular flexibility index (Phi) is 2.76. The van der Waals surface area contributed by atoms with Crippen molar-refractivity contribution in [3.8, 4) is 11.4 Å². The third-order valence-corrected chi connectivity index (χ3v) is 3.70. The Morgan fingerprint density at radius 3 is 3.06 bits per heavy atom. The van der Waals surface area contributed by atoms with Gasteiger partial charge in [-0.25, -0.2) is 4.98 Å². The molecule has 0 radical (unpaired) electrons. The van der Waals surface area contributed by atoms with Crippen LogP contribution in [-0.4, -0.2) is 16.1 Å². The summed E-state index contributed by atoms with van der Waals surface area (Å²) in [5.41, 5.74) is 3.71. The number of aromatic nitrogens is 2. The number of hydrogen-bond donors (Lipinski definition) is 1. The number of hydrogen-bond acceptors (Lipinski definition) is 2. The van der Waals surface area contributed by atoms with Crippen LogP contribution in [0, 0.1) is 0 Å². The molecular formula is C13H14BrN3. The highest BCUT2D eigenvalue weighted by Crippen LogP contribution is 2.25. The van der Waals surface area contributed by atoms with Gasteiger partial charge in [0, 0.05) is 42.3 Å². The molecule has 0 saturated heterocycles. The van der Waals surface area contributed by atoms with Gasteiger partial charge in [-0.2, -0.15) is 0 Å². The van der Waals surface area contributed by atoms with Gasteiger partial charge in [-0.3, -0.25) is 0 Å².